The number of aromatic nitrogens is 4. The van der Waals surface area contributed by atoms with Gasteiger partial charge in [-0.25, -0.2) is 9.07 Å². The molecule has 0 unspecified atom stereocenters. The highest BCUT2D eigenvalue weighted by atomic mass is 19.1. The van der Waals surface area contributed by atoms with Gasteiger partial charge < -0.3 is 10.6 Å². The lowest BCUT2D eigenvalue weighted by molar-refractivity contribution is -0.132. The molecule has 0 spiro atoms. The van der Waals surface area contributed by atoms with Gasteiger partial charge in [-0.1, -0.05) is 0 Å². The van der Waals surface area contributed by atoms with Gasteiger partial charge in [-0.3, -0.25) is 14.3 Å². The summed E-state index contributed by atoms with van der Waals surface area (Å²) in [5, 5.41) is 8.63. The molecule has 4 rings (SSSR count). The molecule has 162 valence electrons. The van der Waals surface area contributed by atoms with Gasteiger partial charge in [0.1, 0.15) is 18.2 Å². The molecule has 1 fully saturated rings. The van der Waals surface area contributed by atoms with E-state index in [-0.39, 0.29) is 35.4 Å². The first-order valence-corrected chi connectivity index (χ1v) is 10.2. The van der Waals surface area contributed by atoms with E-state index < -0.39 is 6.04 Å². The van der Waals surface area contributed by atoms with Crippen molar-refractivity contribution >= 4 is 17.5 Å². The van der Waals surface area contributed by atoms with Crippen molar-refractivity contribution in [2.75, 3.05) is 12.3 Å². The molecule has 1 atom stereocenters. The maximum Gasteiger partial charge on any atom is 0.244 e. The second-order valence-corrected chi connectivity index (χ2v) is 7.89. The molecule has 1 saturated heterocycles. The van der Waals surface area contributed by atoms with Crippen LogP contribution in [-0.2, 0) is 11.3 Å². The molecule has 2 N–H and O–H groups in total. The van der Waals surface area contributed by atoms with Crippen molar-refractivity contribution in [3.8, 4) is 5.69 Å². The molecular formula is C22H25FN6O2. The molecule has 0 radical (unpaired) electrons. The van der Waals surface area contributed by atoms with Gasteiger partial charge in [-0.05, 0) is 63.4 Å². The first-order valence-electron chi connectivity index (χ1n) is 10.2. The number of halogens is 1. The van der Waals surface area contributed by atoms with E-state index >= 15 is 0 Å². The number of Topliss-reactive ketones (excluding diaryl/α,β-unsaturated/α-hetero) is 1. The highest BCUT2D eigenvalue weighted by Crippen LogP contribution is 2.26. The summed E-state index contributed by atoms with van der Waals surface area (Å²) in [4.78, 5) is 27.9. The zero-order chi connectivity index (χ0) is 22.3. The van der Waals surface area contributed by atoms with E-state index in [0.717, 1.165) is 23.4 Å². The number of hydrogen-bond donors (Lipinski definition) is 1. The Morgan fingerprint density at radius 2 is 1.90 bits per heavy atom. The average Bonchev–Trinajstić information content (AvgIpc) is 3.44. The number of carbonyl (C=O) groups is 2. The molecule has 3 aromatic rings. The minimum absolute atomic E-state index is 0.0919. The Morgan fingerprint density at radius 3 is 2.55 bits per heavy atom. The molecule has 1 aliphatic heterocycles. The Morgan fingerprint density at radius 1 is 1.19 bits per heavy atom. The maximum absolute atomic E-state index is 13.2. The Labute approximate surface area is 179 Å². The molecule has 9 heteroatoms. The largest absolute Gasteiger partial charge is 0.383 e. The SMILES string of the molecule is Cc1nn(CC(=O)N2CCC[C@H]2C(=O)c2cnn(-c3ccc(F)cc3)c2N)c(C)c1C. The number of rotatable bonds is 5. The molecule has 0 saturated carbocycles. The van der Waals surface area contributed by atoms with Crippen molar-refractivity contribution in [3.05, 3.63) is 58.8 Å². The van der Waals surface area contributed by atoms with Crippen LogP contribution in [0.1, 0.15) is 40.2 Å². The van der Waals surface area contributed by atoms with Crippen molar-refractivity contribution in [2.45, 2.75) is 46.2 Å². The van der Waals surface area contributed by atoms with E-state index in [0.29, 0.717) is 18.7 Å². The first-order chi connectivity index (χ1) is 14.8. The van der Waals surface area contributed by atoms with Crippen LogP contribution in [0.15, 0.2) is 30.5 Å². The second kappa shape index (κ2) is 7.98. The van der Waals surface area contributed by atoms with Crippen molar-refractivity contribution in [1.82, 2.24) is 24.5 Å². The van der Waals surface area contributed by atoms with Gasteiger partial charge in [-0.15, -0.1) is 0 Å². The lowest BCUT2D eigenvalue weighted by Gasteiger charge is -2.24. The Balaban J connectivity index is 1.55. The summed E-state index contributed by atoms with van der Waals surface area (Å²) >= 11 is 0. The number of nitrogens with two attached hydrogens (primary N) is 1. The quantitative estimate of drug-likeness (QED) is 0.635. The molecule has 8 nitrogen and oxygen atoms in total. The average molecular weight is 424 g/mol. The summed E-state index contributed by atoms with van der Waals surface area (Å²) in [6.45, 7) is 6.42. The number of ketones is 1. The Kier molecular flexibility index (Phi) is 5.34. The minimum atomic E-state index is -0.585. The van der Waals surface area contributed by atoms with E-state index in [2.05, 4.69) is 10.2 Å². The molecule has 1 aliphatic rings. The molecule has 3 heterocycles. The van der Waals surface area contributed by atoms with Gasteiger partial charge in [0.2, 0.25) is 5.91 Å². The van der Waals surface area contributed by atoms with Gasteiger partial charge in [-0.2, -0.15) is 10.2 Å². The van der Waals surface area contributed by atoms with Crippen molar-refractivity contribution in [1.29, 1.82) is 0 Å². The number of nitrogens with zero attached hydrogens (tertiary/aromatic N) is 5. The van der Waals surface area contributed by atoms with Crippen LogP contribution in [0.3, 0.4) is 0 Å². The zero-order valence-corrected chi connectivity index (χ0v) is 17.8. The van der Waals surface area contributed by atoms with Crippen LogP contribution in [0.4, 0.5) is 10.2 Å². The third-order valence-electron chi connectivity index (χ3n) is 6.05. The van der Waals surface area contributed by atoms with Crippen molar-refractivity contribution < 1.29 is 14.0 Å². The first kappa shape index (κ1) is 20.8. The van der Waals surface area contributed by atoms with E-state index in [1.165, 1.54) is 35.1 Å². The van der Waals surface area contributed by atoms with Crippen LogP contribution in [0.25, 0.3) is 5.69 Å². The summed E-state index contributed by atoms with van der Waals surface area (Å²) in [7, 11) is 0. The normalized spacial score (nSPS) is 16.1. The van der Waals surface area contributed by atoms with Crippen molar-refractivity contribution in [3.63, 3.8) is 0 Å². The van der Waals surface area contributed by atoms with E-state index in [1.807, 2.05) is 20.8 Å². The number of carbonyl (C=O) groups excluding carboxylic acids is 2. The van der Waals surface area contributed by atoms with Crippen LogP contribution in [-0.4, -0.2) is 48.7 Å². The van der Waals surface area contributed by atoms with Gasteiger partial charge in [0, 0.05) is 12.2 Å². The summed E-state index contributed by atoms with van der Waals surface area (Å²) in [5.41, 5.74) is 9.90. The third-order valence-corrected chi connectivity index (χ3v) is 6.05. The summed E-state index contributed by atoms with van der Waals surface area (Å²) in [6.07, 6.45) is 2.72. The standard InChI is InChI=1S/C22H25FN6O2/c1-13-14(2)26-28(15(13)3)12-20(30)27-10-4-5-19(27)21(31)18-11-25-29(22(18)24)17-8-6-16(23)7-9-17/h6-9,11,19H,4-5,10,12,24H2,1-3H3/t19-/m0/s1. The van der Waals surface area contributed by atoms with Crippen molar-refractivity contribution in [2.24, 2.45) is 0 Å². The number of benzene rings is 1. The minimum Gasteiger partial charge on any atom is -0.383 e. The molecule has 1 aromatic carbocycles. The monoisotopic (exact) mass is 424 g/mol. The zero-order valence-electron chi connectivity index (χ0n) is 17.8. The van der Waals surface area contributed by atoms with Gasteiger partial charge >= 0.3 is 0 Å². The lowest BCUT2D eigenvalue weighted by Crippen LogP contribution is -2.42. The van der Waals surface area contributed by atoms with Crippen LogP contribution >= 0.6 is 0 Å². The molecule has 1 amide bonds. The topological polar surface area (TPSA) is 99.0 Å². The Hall–Kier alpha value is -3.49. The predicted octanol–water partition coefficient (Wildman–Crippen LogP) is 2.59. The van der Waals surface area contributed by atoms with Gasteiger partial charge in [0.05, 0.1) is 29.2 Å². The van der Waals surface area contributed by atoms with E-state index in [4.69, 9.17) is 5.73 Å². The molecule has 31 heavy (non-hydrogen) atoms. The maximum atomic E-state index is 13.2. The predicted molar refractivity (Wildman–Crippen MR) is 113 cm³/mol. The number of aryl methyl sites for hydroxylation is 1. The second-order valence-electron chi connectivity index (χ2n) is 7.89. The third kappa shape index (κ3) is 3.71. The van der Waals surface area contributed by atoms with E-state index in [1.54, 1.807) is 9.58 Å². The fraction of sp³-hybridized carbons (Fsp3) is 0.364. The molecule has 2 aromatic heterocycles. The number of anilines is 1. The Bertz CT molecular complexity index is 1150. The molecule has 0 bridgehead atoms. The van der Waals surface area contributed by atoms with Gasteiger partial charge in [0.15, 0.2) is 5.78 Å². The number of amides is 1. The fourth-order valence-corrected chi connectivity index (χ4v) is 4.01. The summed E-state index contributed by atoms with van der Waals surface area (Å²) in [6, 6.07) is 5.09. The summed E-state index contributed by atoms with van der Waals surface area (Å²) in [5.74, 6) is -0.582. The van der Waals surface area contributed by atoms with Crippen LogP contribution < -0.4 is 5.73 Å². The number of nitrogen functional groups attached to an aromatic ring is 1. The molecule has 0 aliphatic carbocycles. The summed E-state index contributed by atoms with van der Waals surface area (Å²) < 4.78 is 16.3. The highest BCUT2D eigenvalue weighted by Gasteiger charge is 2.36. The van der Waals surface area contributed by atoms with Crippen LogP contribution in [0.2, 0.25) is 0 Å². The number of hydrogen-bond acceptors (Lipinski definition) is 5. The lowest BCUT2D eigenvalue weighted by atomic mass is 10.0. The highest BCUT2D eigenvalue weighted by molar-refractivity contribution is 6.05. The fourth-order valence-electron chi connectivity index (χ4n) is 4.01. The smallest absolute Gasteiger partial charge is 0.244 e. The molecular weight excluding hydrogens is 399 g/mol. The van der Waals surface area contributed by atoms with Crippen LogP contribution in [0.5, 0.6) is 0 Å². The number of likely N-dealkylation sites (tertiary alicyclic amines) is 1. The van der Waals surface area contributed by atoms with E-state index in [9.17, 15) is 14.0 Å². The van der Waals surface area contributed by atoms with Gasteiger partial charge in [0.25, 0.3) is 0 Å². The van der Waals surface area contributed by atoms with Crippen LogP contribution in [0, 0.1) is 26.6 Å².